The molecule has 12 heteroatoms. The Morgan fingerprint density at radius 1 is 0.691 bits per heavy atom. The third-order valence-electron chi connectivity index (χ3n) is 9.37. The largest absolute Gasteiger partial charge is 0.490 e. The van der Waals surface area contributed by atoms with Crippen LogP contribution in [0.2, 0.25) is 0 Å². The third-order valence-corrected chi connectivity index (χ3v) is 9.37. The summed E-state index contributed by atoms with van der Waals surface area (Å²) in [7, 11) is 1.61. The van der Waals surface area contributed by atoms with Crippen molar-refractivity contribution in [1.29, 1.82) is 0 Å². The molecule has 5 rings (SSSR count). The Bertz CT molecular complexity index is 1840. The number of hydrogen-bond acceptors (Lipinski definition) is 10. The summed E-state index contributed by atoms with van der Waals surface area (Å²) in [5.74, 6) is -0.907. The number of aldehydes is 1. The minimum atomic E-state index is -1.13. The number of ether oxygens (including phenoxy) is 7. The molecule has 4 aromatic carbocycles. The first-order valence-electron chi connectivity index (χ1n) is 18.3. The molecule has 0 radical (unpaired) electrons. The average Bonchev–Trinajstić information content (AvgIpc) is 3.46. The summed E-state index contributed by atoms with van der Waals surface area (Å²) in [5.41, 5.74) is 7.93. The molecule has 0 aromatic heterocycles. The molecule has 2 N–H and O–H groups in total. The number of hydrogen-bond donors (Lipinski definition) is 2. The van der Waals surface area contributed by atoms with Gasteiger partial charge in [0.25, 0.3) is 0 Å². The van der Waals surface area contributed by atoms with Gasteiger partial charge >= 0.3 is 12.3 Å². The number of aromatic carboxylic acids is 1. The number of aliphatic hydroxyl groups is 1. The van der Waals surface area contributed by atoms with Crippen LogP contribution in [-0.2, 0) is 40.4 Å². The highest BCUT2D eigenvalue weighted by molar-refractivity contribution is 5.93. The van der Waals surface area contributed by atoms with Crippen LogP contribution in [0.4, 0.5) is 0 Å². The molecule has 12 nitrogen and oxygen atoms in total. The third kappa shape index (κ3) is 10.2. The Morgan fingerprint density at radius 2 is 1.24 bits per heavy atom. The van der Waals surface area contributed by atoms with Gasteiger partial charge in [-0.3, -0.25) is 0 Å². The zero-order chi connectivity index (χ0) is 39.0. The SMILES string of the molecule is COCCOCCOCCOc1ccc(C2(c3ccc(COCCOCCOCCO)c(C=[O+][O-])c3)c3cc(C)ccc3-c3ccc(C)cc32)cc1C(=O)O. The van der Waals surface area contributed by atoms with E-state index in [2.05, 4.69) is 41.0 Å². The second-order valence-corrected chi connectivity index (χ2v) is 13.1. The van der Waals surface area contributed by atoms with Crippen molar-refractivity contribution in [3.8, 4) is 16.9 Å². The Balaban J connectivity index is 1.50. The standard InChI is InChI=1S/C43H50O12/c1-30-4-9-36-37-10-5-31(2)25-40(37)43(39(36)24-30,34-7-6-32(33(26-34)29-55-47)28-53-21-20-51-17-16-49-13-12-44)35-8-11-41(38(27-35)42(45)46)54-23-22-52-19-18-50-15-14-48-3/h4-11,24-27,29,44H,12-23,28H2,1-3H3,(H,45,46). The number of carboxylic acid groups (broad SMARTS) is 1. The molecule has 0 saturated heterocycles. The van der Waals surface area contributed by atoms with Gasteiger partial charge in [0, 0.05) is 7.11 Å². The lowest BCUT2D eigenvalue weighted by Gasteiger charge is -2.35. The zero-order valence-corrected chi connectivity index (χ0v) is 31.7. The van der Waals surface area contributed by atoms with E-state index >= 15 is 0 Å². The van der Waals surface area contributed by atoms with E-state index in [4.69, 9.17) is 38.3 Å². The summed E-state index contributed by atoms with van der Waals surface area (Å²) in [6, 6.07) is 23.8. The van der Waals surface area contributed by atoms with E-state index in [0.717, 1.165) is 56.4 Å². The number of fused-ring (bicyclic) bond motifs is 3. The van der Waals surface area contributed by atoms with Gasteiger partial charge in [0.15, 0.2) is 0 Å². The predicted octanol–water partition coefficient (Wildman–Crippen LogP) is 4.59. The number of methoxy groups -OCH3 is 1. The fourth-order valence-electron chi connectivity index (χ4n) is 6.88. The molecule has 0 atom stereocenters. The molecule has 0 spiro atoms. The van der Waals surface area contributed by atoms with E-state index in [1.807, 2.05) is 38.1 Å². The maximum Gasteiger partial charge on any atom is 0.349 e. The summed E-state index contributed by atoms with van der Waals surface area (Å²) in [4.78, 5) is 12.9. The van der Waals surface area contributed by atoms with Crippen LogP contribution >= 0.6 is 0 Å². The molecule has 4 aromatic rings. The number of carbonyl (C=O) groups excluding carboxylic acids is 1. The van der Waals surface area contributed by atoms with Crippen LogP contribution in [0, 0.1) is 13.8 Å². The summed E-state index contributed by atoms with van der Waals surface area (Å²) in [5, 5.41) is 31.0. The number of carboxylic acids is 1. The molecule has 0 saturated carbocycles. The van der Waals surface area contributed by atoms with Crippen molar-refractivity contribution in [3.63, 3.8) is 0 Å². The Hall–Kier alpha value is -4.66. The first-order valence-corrected chi connectivity index (χ1v) is 18.3. The summed E-state index contributed by atoms with van der Waals surface area (Å²) in [6.45, 7) is 8.05. The van der Waals surface area contributed by atoms with Gasteiger partial charge in [-0.25, -0.2) is 4.79 Å². The number of aliphatic hydroxyl groups excluding tert-OH is 1. The van der Waals surface area contributed by atoms with E-state index in [-0.39, 0.29) is 44.3 Å². The Kier molecular flexibility index (Phi) is 15.7. The molecule has 55 heavy (non-hydrogen) atoms. The Morgan fingerprint density at radius 3 is 1.82 bits per heavy atom. The number of carbonyl (C=O) groups is 1. The molecule has 0 bridgehead atoms. The molecular weight excluding hydrogens is 708 g/mol. The number of rotatable bonds is 24. The van der Waals surface area contributed by atoms with Crippen LogP contribution in [-0.4, -0.2) is 109 Å². The first-order chi connectivity index (χ1) is 26.8. The van der Waals surface area contributed by atoms with Gasteiger partial charge in [-0.1, -0.05) is 65.7 Å². The van der Waals surface area contributed by atoms with Gasteiger partial charge in [-0.15, -0.1) is 0 Å². The average molecular weight is 759 g/mol. The predicted molar refractivity (Wildman–Crippen MR) is 203 cm³/mol. The summed E-state index contributed by atoms with van der Waals surface area (Å²) >= 11 is 0. The molecule has 0 heterocycles. The van der Waals surface area contributed by atoms with Crippen molar-refractivity contribution in [2.24, 2.45) is 0 Å². The lowest BCUT2D eigenvalue weighted by Crippen LogP contribution is -2.29. The van der Waals surface area contributed by atoms with E-state index in [1.54, 1.807) is 19.2 Å². The van der Waals surface area contributed by atoms with Crippen molar-refractivity contribution in [2.75, 3.05) is 86.4 Å². The molecular formula is C43H50O12. The van der Waals surface area contributed by atoms with Crippen molar-refractivity contribution in [2.45, 2.75) is 25.9 Å². The van der Waals surface area contributed by atoms with E-state index < -0.39 is 11.4 Å². The molecule has 1 aliphatic carbocycles. The Labute approximate surface area is 321 Å². The maximum atomic E-state index is 12.9. The molecule has 0 fully saturated rings. The topological polar surface area (TPSA) is 156 Å². The lowest BCUT2D eigenvalue weighted by atomic mass is 9.66. The van der Waals surface area contributed by atoms with Crippen LogP contribution in [0.15, 0.2) is 72.8 Å². The van der Waals surface area contributed by atoms with Crippen LogP contribution in [0.5, 0.6) is 5.75 Å². The van der Waals surface area contributed by atoms with Gasteiger partial charge in [-0.2, -0.15) is 4.58 Å². The van der Waals surface area contributed by atoms with Gasteiger partial charge in [0.05, 0.1) is 90.3 Å². The monoisotopic (exact) mass is 758 g/mol. The van der Waals surface area contributed by atoms with Crippen molar-refractivity contribution in [3.05, 3.63) is 123 Å². The molecule has 1 aliphatic rings. The quantitative estimate of drug-likeness (QED) is 0.0299. The van der Waals surface area contributed by atoms with Gasteiger partial charge < -0.3 is 48.6 Å². The molecule has 0 unspecified atom stereocenters. The van der Waals surface area contributed by atoms with Crippen LogP contribution in [0.1, 0.15) is 59.4 Å². The minimum Gasteiger partial charge on any atom is -0.490 e. The molecule has 294 valence electrons. The minimum absolute atomic E-state index is 0.0111. The second-order valence-electron chi connectivity index (χ2n) is 13.1. The maximum absolute atomic E-state index is 12.9. The molecule has 0 aliphatic heterocycles. The van der Waals surface area contributed by atoms with Gasteiger partial charge in [0.2, 0.25) is 0 Å². The smallest absolute Gasteiger partial charge is 0.349 e. The van der Waals surface area contributed by atoms with Crippen molar-refractivity contribution < 1.29 is 58.0 Å². The highest BCUT2D eigenvalue weighted by Crippen LogP contribution is 2.57. The fourth-order valence-corrected chi connectivity index (χ4v) is 6.88. The van der Waals surface area contributed by atoms with Gasteiger partial charge in [0.1, 0.15) is 17.9 Å². The van der Waals surface area contributed by atoms with Crippen molar-refractivity contribution >= 4 is 12.3 Å². The summed E-state index contributed by atoms with van der Waals surface area (Å²) < 4.78 is 43.0. The highest BCUT2D eigenvalue weighted by atomic mass is 17.1. The first kappa shape index (κ1) is 41.5. The second kappa shape index (κ2) is 20.9. The van der Waals surface area contributed by atoms with Gasteiger partial charge in [-0.05, 0) is 71.0 Å². The highest BCUT2D eigenvalue weighted by Gasteiger charge is 2.47. The van der Waals surface area contributed by atoms with Crippen molar-refractivity contribution in [1.82, 2.24) is 0 Å². The molecule has 0 amide bonds. The van der Waals surface area contributed by atoms with Crippen LogP contribution < -0.4 is 9.99 Å². The van der Waals surface area contributed by atoms with E-state index in [1.165, 1.54) is 0 Å². The fraction of sp³-hybridized carbons (Fsp3) is 0.395. The summed E-state index contributed by atoms with van der Waals surface area (Å²) in [6.07, 6.45) is 1.15. The van der Waals surface area contributed by atoms with Crippen LogP contribution in [0.3, 0.4) is 0 Å². The van der Waals surface area contributed by atoms with E-state index in [0.29, 0.717) is 58.4 Å². The lowest BCUT2D eigenvalue weighted by molar-refractivity contribution is -0.935. The normalized spacial score (nSPS) is 12.9. The zero-order valence-electron chi connectivity index (χ0n) is 31.7. The number of benzene rings is 4. The van der Waals surface area contributed by atoms with Crippen LogP contribution in [0.25, 0.3) is 11.1 Å². The van der Waals surface area contributed by atoms with E-state index in [9.17, 15) is 15.2 Å². The number of aryl methyl sites for hydroxylation is 2.